The first kappa shape index (κ1) is 12.4. The van der Waals surface area contributed by atoms with Gasteiger partial charge in [0.05, 0.1) is 12.0 Å². The van der Waals surface area contributed by atoms with Crippen LogP contribution in [0.1, 0.15) is 28.2 Å². The molecule has 1 heteroatoms. The van der Waals surface area contributed by atoms with Gasteiger partial charge < -0.3 is 0 Å². The summed E-state index contributed by atoms with van der Waals surface area (Å²) in [6.07, 6.45) is 0.778. The molecule has 0 aliphatic heterocycles. The second-order valence-corrected chi connectivity index (χ2v) is 4.78. The lowest BCUT2D eigenvalue weighted by Gasteiger charge is -2.10. The molecule has 0 N–H and O–H groups in total. The van der Waals surface area contributed by atoms with Gasteiger partial charge in [-0.15, -0.1) is 0 Å². The van der Waals surface area contributed by atoms with Crippen molar-refractivity contribution in [2.45, 2.75) is 26.2 Å². The minimum absolute atomic E-state index is 0.0618. The van der Waals surface area contributed by atoms with Gasteiger partial charge in [0.25, 0.3) is 0 Å². The topological polar surface area (TPSA) is 23.8 Å². The van der Waals surface area contributed by atoms with Gasteiger partial charge in [-0.25, -0.2) is 0 Å². The molecule has 18 heavy (non-hydrogen) atoms. The molecule has 2 aromatic rings. The lowest BCUT2D eigenvalue weighted by Crippen LogP contribution is -2.00. The van der Waals surface area contributed by atoms with Crippen LogP contribution in [-0.4, -0.2) is 0 Å². The van der Waals surface area contributed by atoms with Gasteiger partial charge in [-0.1, -0.05) is 59.7 Å². The molecule has 0 amide bonds. The average Bonchev–Trinajstić information content (AvgIpc) is 2.39. The van der Waals surface area contributed by atoms with E-state index in [2.05, 4.69) is 68.4 Å². The van der Waals surface area contributed by atoms with Gasteiger partial charge in [-0.3, -0.25) is 0 Å². The zero-order valence-corrected chi connectivity index (χ0v) is 10.9. The van der Waals surface area contributed by atoms with Crippen LogP contribution in [0.4, 0.5) is 0 Å². The molecule has 0 heterocycles. The minimum atomic E-state index is -0.0618. The van der Waals surface area contributed by atoms with E-state index in [1.54, 1.807) is 0 Å². The fourth-order valence-electron chi connectivity index (χ4n) is 2.00. The van der Waals surface area contributed by atoms with Gasteiger partial charge in [0.2, 0.25) is 0 Å². The van der Waals surface area contributed by atoms with Crippen LogP contribution in [-0.2, 0) is 6.42 Å². The maximum absolute atomic E-state index is 9.31. The molecule has 0 aromatic heterocycles. The third-order valence-electron chi connectivity index (χ3n) is 3.20. The van der Waals surface area contributed by atoms with Crippen LogP contribution in [0.25, 0.3) is 0 Å². The van der Waals surface area contributed by atoms with Gasteiger partial charge in [-0.2, -0.15) is 5.26 Å². The fourth-order valence-corrected chi connectivity index (χ4v) is 2.00. The summed E-state index contributed by atoms with van der Waals surface area (Å²) in [6.45, 7) is 4.14. The van der Waals surface area contributed by atoms with Gasteiger partial charge in [0.15, 0.2) is 0 Å². The van der Waals surface area contributed by atoms with Crippen LogP contribution in [0.3, 0.4) is 0 Å². The van der Waals surface area contributed by atoms with Crippen molar-refractivity contribution in [2.24, 2.45) is 0 Å². The molecule has 2 rings (SSSR count). The van der Waals surface area contributed by atoms with E-state index in [0.29, 0.717) is 0 Å². The first-order valence-electron chi connectivity index (χ1n) is 6.21. The molecule has 1 nitrogen and oxygen atoms in total. The summed E-state index contributed by atoms with van der Waals surface area (Å²) in [5.74, 6) is -0.0618. The highest BCUT2D eigenvalue weighted by molar-refractivity contribution is 5.31. The van der Waals surface area contributed by atoms with Crippen LogP contribution in [0.2, 0.25) is 0 Å². The van der Waals surface area contributed by atoms with Crippen molar-refractivity contribution in [2.75, 3.05) is 0 Å². The second kappa shape index (κ2) is 5.51. The Bertz CT molecular complexity index is 544. The van der Waals surface area contributed by atoms with Crippen molar-refractivity contribution < 1.29 is 0 Å². The van der Waals surface area contributed by atoms with Crippen LogP contribution in [0.15, 0.2) is 48.5 Å². The van der Waals surface area contributed by atoms with Crippen molar-refractivity contribution in [3.05, 3.63) is 70.8 Å². The second-order valence-electron chi connectivity index (χ2n) is 4.78. The Kier molecular flexibility index (Phi) is 3.79. The minimum Gasteiger partial charge on any atom is -0.198 e. The highest BCUT2D eigenvalue weighted by atomic mass is 14.3. The standard InChI is InChI=1S/C17H17N/c1-13-3-7-15(8-4-13)11-17(12-18)16-9-5-14(2)6-10-16/h3-10,17H,11H2,1-2H3. The Morgan fingerprint density at radius 1 is 0.889 bits per heavy atom. The monoisotopic (exact) mass is 235 g/mol. The van der Waals surface area contributed by atoms with Crippen molar-refractivity contribution in [3.63, 3.8) is 0 Å². The fraction of sp³-hybridized carbons (Fsp3) is 0.235. The van der Waals surface area contributed by atoms with Gasteiger partial charge >= 0.3 is 0 Å². The van der Waals surface area contributed by atoms with E-state index in [-0.39, 0.29) is 5.92 Å². The Balaban J connectivity index is 2.17. The van der Waals surface area contributed by atoms with Crippen molar-refractivity contribution in [3.8, 4) is 6.07 Å². The summed E-state index contributed by atoms with van der Waals surface area (Å²) >= 11 is 0. The SMILES string of the molecule is Cc1ccc(CC(C#N)c2ccc(C)cc2)cc1. The normalized spacial score (nSPS) is 11.8. The van der Waals surface area contributed by atoms with Crippen molar-refractivity contribution >= 4 is 0 Å². The van der Waals surface area contributed by atoms with Crippen molar-refractivity contribution in [1.29, 1.82) is 5.26 Å². The molecule has 0 saturated carbocycles. The highest BCUT2D eigenvalue weighted by Crippen LogP contribution is 2.21. The summed E-state index contributed by atoms with van der Waals surface area (Å²) in [6, 6.07) is 19.0. The van der Waals surface area contributed by atoms with Gasteiger partial charge in [-0.05, 0) is 31.4 Å². The largest absolute Gasteiger partial charge is 0.198 e. The number of nitrogens with zero attached hydrogens (tertiary/aromatic N) is 1. The number of hydrogen-bond acceptors (Lipinski definition) is 1. The number of rotatable bonds is 3. The van der Waals surface area contributed by atoms with Crippen molar-refractivity contribution in [1.82, 2.24) is 0 Å². The van der Waals surface area contributed by atoms with E-state index in [4.69, 9.17) is 0 Å². The molecule has 0 aliphatic carbocycles. The lowest BCUT2D eigenvalue weighted by atomic mass is 9.92. The molecular weight excluding hydrogens is 218 g/mol. The molecule has 0 fully saturated rings. The van der Waals surface area contributed by atoms with E-state index < -0.39 is 0 Å². The maximum atomic E-state index is 9.31. The molecule has 0 spiro atoms. The Morgan fingerprint density at radius 2 is 1.39 bits per heavy atom. The van der Waals surface area contributed by atoms with Gasteiger partial charge in [0, 0.05) is 0 Å². The van der Waals surface area contributed by atoms with E-state index in [9.17, 15) is 5.26 Å². The Hall–Kier alpha value is -2.07. The Morgan fingerprint density at radius 3 is 1.89 bits per heavy atom. The summed E-state index contributed by atoms with van der Waals surface area (Å²) < 4.78 is 0. The first-order valence-corrected chi connectivity index (χ1v) is 6.21. The average molecular weight is 235 g/mol. The molecule has 0 saturated heterocycles. The van der Waals surface area contributed by atoms with E-state index in [1.165, 1.54) is 16.7 Å². The predicted octanol–water partition coefficient (Wildman–Crippen LogP) is 4.15. The van der Waals surface area contributed by atoms with Crippen LogP contribution < -0.4 is 0 Å². The summed E-state index contributed by atoms with van der Waals surface area (Å²) in [5, 5.41) is 9.31. The third kappa shape index (κ3) is 2.99. The third-order valence-corrected chi connectivity index (χ3v) is 3.20. The molecule has 0 radical (unpaired) electrons. The number of aryl methyl sites for hydroxylation is 2. The van der Waals surface area contributed by atoms with E-state index >= 15 is 0 Å². The van der Waals surface area contributed by atoms with Crippen LogP contribution >= 0.6 is 0 Å². The molecule has 1 atom stereocenters. The lowest BCUT2D eigenvalue weighted by molar-refractivity contribution is 0.848. The maximum Gasteiger partial charge on any atom is 0.0753 e. The first-order chi connectivity index (χ1) is 8.69. The smallest absolute Gasteiger partial charge is 0.0753 e. The predicted molar refractivity (Wildman–Crippen MR) is 74.4 cm³/mol. The highest BCUT2D eigenvalue weighted by Gasteiger charge is 2.11. The summed E-state index contributed by atoms with van der Waals surface area (Å²) in [7, 11) is 0. The van der Waals surface area contributed by atoms with Gasteiger partial charge in [0.1, 0.15) is 0 Å². The molecule has 90 valence electrons. The number of nitriles is 1. The van der Waals surface area contributed by atoms with E-state index in [1.807, 2.05) is 0 Å². The summed E-state index contributed by atoms with van der Waals surface area (Å²) in [4.78, 5) is 0. The number of hydrogen-bond donors (Lipinski definition) is 0. The summed E-state index contributed by atoms with van der Waals surface area (Å²) in [5.41, 5.74) is 4.80. The zero-order chi connectivity index (χ0) is 13.0. The molecule has 2 aromatic carbocycles. The Labute approximate surface area is 109 Å². The van der Waals surface area contributed by atoms with E-state index in [0.717, 1.165) is 12.0 Å². The number of benzene rings is 2. The molecule has 0 bridgehead atoms. The molecule has 0 aliphatic rings. The molecular formula is C17H17N. The molecule has 1 unspecified atom stereocenters. The van der Waals surface area contributed by atoms with Crippen LogP contribution in [0, 0.1) is 25.2 Å². The quantitative estimate of drug-likeness (QED) is 0.784. The zero-order valence-electron chi connectivity index (χ0n) is 10.9. The van der Waals surface area contributed by atoms with Crippen LogP contribution in [0.5, 0.6) is 0 Å².